The number of carbonyl (C=O) groups is 1. The van der Waals surface area contributed by atoms with Crippen LogP contribution in [0.15, 0.2) is 0 Å². The minimum Gasteiger partial charge on any atom is -0.336 e. The van der Waals surface area contributed by atoms with Gasteiger partial charge in [0.05, 0.1) is 6.04 Å². The topological polar surface area (TPSA) is 49.6 Å². The van der Waals surface area contributed by atoms with Crippen molar-refractivity contribution in [1.29, 1.82) is 0 Å². The van der Waals surface area contributed by atoms with Crippen LogP contribution in [0.3, 0.4) is 0 Å². The van der Waals surface area contributed by atoms with Gasteiger partial charge in [0.1, 0.15) is 0 Å². The van der Waals surface area contributed by atoms with Gasteiger partial charge in [0.2, 0.25) is 5.91 Å². The summed E-state index contributed by atoms with van der Waals surface area (Å²) in [6, 6.07) is 0.218. The number of likely N-dealkylation sites (N-methyl/N-ethyl adjacent to an activating group) is 1. The van der Waals surface area contributed by atoms with Crippen LogP contribution in [-0.2, 0) is 4.79 Å². The molecular weight excluding hydrogens is 226 g/mol. The second kappa shape index (κ2) is 6.02. The first-order valence-corrected chi connectivity index (χ1v) is 7.31. The van der Waals surface area contributed by atoms with Gasteiger partial charge in [-0.25, -0.2) is 0 Å². The summed E-state index contributed by atoms with van der Waals surface area (Å²) >= 11 is 0. The van der Waals surface area contributed by atoms with Crippen LogP contribution in [0.25, 0.3) is 0 Å². The first-order chi connectivity index (χ1) is 8.61. The van der Waals surface area contributed by atoms with Gasteiger partial charge in [-0.05, 0) is 38.6 Å². The lowest BCUT2D eigenvalue weighted by atomic mass is 9.82. The number of hydrogen-bond acceptors (Lipinski definition) is 3. The first kappa shape index (κ1) is 13.8. The van der Waals surface area contributed by atoms with Crippen molar-refractivity contribution in [2.24, 2.45) is 17.6 Å². The average Bonchev–Trinajstić information content (AvgIpc) is 2.38. The maximum absolute atomic E-state index is 12.6. The number of rotatable bonds is 2. The fraction of sp³-hybridized carbons (Fsp3) is 0.929. The summed E-state index contributed by atoms with van der Waals surface area (Å²) in [7, 11) is 2.10. The first-order valence-electron chi connectivity index (χ1n) is 7.31. The lowest BCUT2D eigenvalue weighted by Crippen LogP contribution is -2.58. The van der Waals surface area contributed by atoms with Crippen LogP contribution in [0.1, 0.15) is 32.6 Å². The Kier molecular flexibility index (Phi) is 4.62. The van der Waals surface area contributed by atoms with E-state index in [9.17, 15) is 4.79 Å². The van der Waals surface area contributed by atoms with E-state index in [2.05, 4.69) is 23.8 Å². The summed E-state index contributed by atoms with van der Waals surface area (Å²) < 4.78 is 0. The van der Waals surface area contributed by atoms with Gasteiger partial charge >= 0.3 is 0 Å². The van der Waals surface area contributed by atoms with E-state index in [1.807, 2.05) is 0 Å². The molecule has 4 nitrogen and oxygen atoms in total. The molecule has 2 fully saturated rings. The number of carbonyl (C=O) groups excluding carboxylic acids is 1. The molecule has 1 unspecified atom stereocenters. The van der Waals surface area contributed by atoms with E-state index in [0.29, 0.717) is 12.5 Å². The Morgan fingerprint density at radius 2 is 1.89 bits per heavy atom. The number of hydrogen-bond donors (Lipinski definition) is 1. The van der Waals surface area contributed by atoms with E-state index in [-0.39, 0.29) is 12.0 Å². The van der Waals surface area contributed by atoms with Crippen molar-refractivity contribution in [3.05, 3.63) is 0 Å². The second-order valence-electron chi connectivity index (χ2n) is 6.14. The second-order valence-corrected chi connectivity index (χ2v) is 6.14. The van der Waals surface area contributed by atoms with Gasteiger partial charge < -0.3 is 15.5 Å². The Morgan fingerprint density at radius 3 is 2.50 bits per heavy atom. The molecule has 2 aliphatic rings. The van der Waals surface area contributed by atoms with Gasteiger partial charge in [0, 0.05) is 32.1 Å². The van der Waals surface area contributed by atoms with Crippen molar-refractivity contribution < 1.29 is 4.79 Å². The molecule has 1 saturated heterocycles. The monoisotopic (exact) mass is 253 g/mol. The Balaban J connectivity index is 1.95. The van der Waals surface area contributed by atoms with Crippen molar-refractivity contribution in [3.63, 3.8) is 0 Å². The molecule has 0 spiro atoms. The van der Waals surface area contributed by atoms with E-state index in [4.69, 9.17) is 5.73 Å². The number of nitrogens with two attached hydrogens (primary N) is 1. The summed E-state index contributed by atoms with van der Waals surface area (Å²) in [4.78, 5) is 16.9. The van der Waals surface area contributed by atoms with Crippen molar-refractivity contribution in [1.82, 2.24) is 9.80 Å². The van der Waals surface area contributed by atoms with Crippen molar-refractivity contribution >= 4 is 5.91 Å². The summed E-state index contributed by atoms with van der Waals surface area (Å²) in [5.74, 6) is 1.43. The Labute approximate surface area is 110 Å². The van der Waals surface area contributed by atoms with Crippen LogP contribution < -0.4 is 5.73 Å². The van der Waals surface area contributed by atoms with Gasteiger partial charge in [-0.2, -0.15) is 0 Å². The standard InChI is InChI=1S/C14H27N3O/c1-11-3-5-12(6-4-11)14(18)17-8-7-16(2)10-13(17)9-15/h11-13H,3-10,15H2,1-2H3. The Hall–Kier alpha value is -0.610. The van der Waals surface area contributed by atoms with Gasteiger partial charge in [-0.15, -0.1) is 0 Å². The molecule has 4 heteroatoms. The van der Waals surface area contributed by atoms with Crippen molar-refractivity contribution in [2.45, 2.75) is 38.6 Å². The minimum atomic E-state index is 0.218. The molecule has 18 heavy (non-hydrogen) atoms. The smallest absolute Gasteiger partial charge is 0.226 e. The third-order valence-electron chi connectivity index (χ3n) is 4.61. The molecule has 1 aliphatic carbocycles. The van der Waals surface area contributed by atoms with Crippen LogP contribution >= 0.6 is 0 Å². The lowest BCUT2D eigenvalue weighted by molar-refractivity contribution is -0.141. The molecule has 1 amide bonds. The van der Waals surface area contributed by atoms with Crippen LogP contribution in [-0.4, -0.2) is 55.0 Å². The number of amides is 1. The molecule has 2 N–H and O–H groups in total. The van der Waals surface area contributed by atoms with E-state index < -0.39 is 0 Å². The molecule has 2 rings (SSSR count). The maximum Gasteiger partial charge on any atom is 0.226 e. The van der Waals surface area contributed by atoms with Crippen LogP contribution in [0.5, 0.6) is 0 Å². The minimum absolute atomic E-state index is 0.218. The normalized spacial score (nSPS) is 34.6. The van der Waals surface area contributed by atoms with Gasteiger partial charge in [-0.3, -0.25) is 4.79 Å². The van der Waals surface area contributed by atoms with Gasteiger partial charge in [0.25, 0.3) is 0 Å². The number of piperazine rings is 1. The molecule has 1 atom stereocenters. The Bertz CT molecular complexity index is 287. The van der Waals surface area contributed by atoms with Crippen molar-refractivity contribution in [2.75, 3.05) is 33.2 Å². The predicted octanol–water partition coefficient (Wildman–Crippen LogP) is 0.914. The van der Waals surface area contributed by atoms with Crippen molar-refractivity contribution in [3.8, 4) is 0 Å². The van der Waals surface area contributed by atoms with E-state index >= 15 is 0 Å². The third kappa shape index (κ3) is 3.04. The molecule has 0 aromatic heterocycles. The highest BCUT2D eigenvalue weighted by atomic mass is 16.2. The lowest BCUT2D eigenvalue weighted by Gasteiger charge is -2.42. The predicted molar refractivity (Wildman–Crippen MR) is 73.2 cm³/mol. The molecule has 0 radical (unpaired) electrons. The maximum atomic E-state index is 12.6. The van der Waals surface area contributed by atoms with Crippen LogP contribution in [0.2, 0.25) is 0 Å². The molecule has 1 saturated carbocycles. The van der Waals surface area contributed by atoms with E-state index in [1.54, 1.807) is 0 Å². The highest BCUT2D eigenvalue weighted by Gasteiger charge is 2.33. The van der Waals surface area contributed by atoms with E-state index in [0.717, 1.165) is 38.4 Å². The third-order valence-corrected chi connectivity index (χ3v) is 4.61. The number of nitrogens with zero attached hydrogens (tertiary/aromatic N) is 2. The van der Waals surface area contributed by atoms with Gasteiger partial charge in [-0.1, -0.05) is 6.92 Å². The highest BCUT2D eigenvalue weighted by molar-refractivity contribution is 5.79. The average molecular weight is 253 g/mol. The molecule has 0 aromatic carbocycles. The molecule has 0 aromatic rings. The summed E-state index contributed by atoms with van der Waals surface area (Å²) in [5, 5.41) is 0. The van der Waals surface area contributed by atoms with Gasteiger partial charge in [0.15, 0.2) is 0 Å². The summed E-state index contributed by atoms with van der Waals surface area (Å²) in [6.07, 6.45) is 4.56. The summed E-state index contributed by atoms with van der Waals surface area (Å²) in [6.45, 7) is 5.62. The molecule has 1 aliphatic heterocycles. The van der Waals surface area contributed by atoms with Crippen LogP contribution in [0, 0.1) is 11.8 Å². The summed E-state index contributed by atoms with van der Waals surface area (Å²) in [5.41, 5.74) is 5.82. The Morgan fingerprint density at radius 1 is 1.22 bits per heavy atom. The largest absolute Gasteiger partial charge is 0.336 e. The highest BCUT2D eigenvalue weighted by Crippen LogP contribution is 2.30. The fourth-order valence-electron chi connectivity index (χ4n) is 3.24. The molecule has 0 bridgehead atoms. The van der Waals surface area contributed by atoms with Crippen LogP contribution in [0.4, 0.5) is 0 Å². The molecule has 104 valence electrons. The zero-order valence-corrected chi connectivity index (χ0v) is 11.8. The zero-order chi connectivity index (χ0) is 13.1. The zero-order valence-electron chi connectivity index (χ0n) is 11.8. The molecule has 1 heterocycles. The van der Waals surface area contributed by atoms with E-state index in [1.165, 1.54) is 12.8 Å². The quantitative estimate of drug-likeness (QED) is 0.796. The molecular formula is C14H27N3O. The fourth-order valence-corrected chi connectivity index (χ4v) is 3.24. The SMILES string of the molecule is CC1CCC(C(=O)N2CCN(C)CC2CN)CC1.